The van der Waals surface area contributed by atoms with E-state index < -0.39 is 10.0 Å². The molecule has 0 spiro atoms. The monoisotopic (exact) mass is 323 g/mol. The van der Waals surface area contributed by atoms with Gasteiger partial charge in [0.2, 0.25) is 10.0 Å². The molecule has 0 bridgehead atoms. The van der Waals surface area contributed by atoms with Gasteiger partial charge >= 0.3 is 0 Å². The minimum atomic E-state index is -3.63. The van der Waals surface area contributed by atoms with Crippen molar-refractivity contribution in [2.45, 2.75) is 23.8 Å². The summed E-state index contributed by atoms with van der Waals surface area (Å²) in [5, 5.41) is 6.14. The van der Waals surface area contributed by atoms with Gasteiger partial charge in [-0.25, -0.2) is 13.1 Å². The number of benzene rings is 1. The third kappa shape index (κ3) is 4.40. The van der Waals surface area contributed by atoms with Gasteiger partial charge in [-0.2, -0.15) is 0 Å². The molecule has 1 amide bonds. The van der Waals surface area contributed by atoms with E-state index in [-0.39, 0.29) is 23.4 Å². The molecule has 1 fully saturated rings. The molecule has 1 aliphatic heterocycles. The topological polar surface area (TPSA) is 87.3 Å². The Morgan fingerprint density at radius 3 is 2.95 bits per heavy atom. The maximum Gasteiger partial charge on any atom is 0.251 e. The van der Waals surface area contributed by atoms with Crippen LogP contribution in [0.1, 0.15) is 23.2 Å². The summed E-state index contributed by atoms with van der Waals surface area (Å²) in [5.74, 6) is -0.255. The molecule has 1 aromatic rings. The molecule has 0 saturated carbocycles. The number of piperidine rings is 1. The van der Waals surface area contributed by atoms with Crippen molar-refractivity contribution in [2.75, 3.05) is 19.6 Å². The summed E-state index contributed by atoms with van der Waals surface area (Å²) in [4.78, 5) is 12.3. The van der Waals surface area contributed by atoms with Gasteiger partial charge in [0.1, 0.15) is 0 Å². The van der Waals surface area contributed by atoms with E-state index in [9.17, 15) is 13.2 Å². The fourth-order valence-electron chi connectivity index (χ4n) is 2.30. The molecule has 0 unspecified atom stereocenters. The minimum absolute atomic E-state index is 0.0729. The van der Waals surface area contributed by atoms with Gasteiger partial charge in [0.15, 0.2) is 0 Å². The van der Waals surface area contributed by atoms with Gasteiger partial charge in [-0.1, -0.05) is 12.1 Å². The summed E-state index contributed by atoms with van der Waals surface area (Å²) in [6, 6.07) is 6.11. The lowest BCUT2D eigenvalue weighted by Gasteiger charge is -2.23. The summed E-state index contributed by atoms with van der Waals surface area (Å²) in [6.45, 7) is 5.32. The summed E-state index contributed by atoms with van der Waals surface area (Å²) < 4.78 is 26.5. The molecule has 0 radical (unpaired) electrons. The van der Waals surface area contributed by atoms with Crippen molar-refractivity contribution in [3.05, 3.63) is 42.5 Å². The first kappa shape index (κ1) is 16.7. The largest absolute Gasteiger partial charge is 0.348 e. The number of carbonyl (C=O) groups excluding carboxylic acids is 1. The molecule has 22 heavy (non-hydrogen) atoms. The minimum Gasteiger partial charge on any atom is -0.348 e. The SMILES string of the molecule is C=CCNS(=O)(=O)c1cccc(C(=O)N[C@H]2CCCNC2)c1. The zero-order valence-electron chi connectivity index (χ0n) is 12.3. The maximum absolute atomic E-state index is 12.2. The lowest BCUT2D eigenvalue weighted by atomic mass is 10.1. The molecule has 120 valence electrons. The number of amides is 1. The van der Waals surface area contributed by atoms with Gasteiger partial charge in [0, 0.05) is 24.7 Å². The highest BCUT2D eigenvalue weighted by atomic mass is 32.2. The number of hydrogen-bond donors (Lipinski definition) is 3. The second-order valence-electron chi connectivity index (χ2n) is 5.19. The summed E-state index contributed by atoms with van der Waals surface area (Å²) >= 11 is 0. The van der Waals surface area contributed by atoms with Gasteiger partial charge in [-0.15, -0.1) is 6.58 Å². The number of hydrogen-bond acceptors (Lipinski definition) is 4. The number of nitrogens with one attached hydrogen (secondary N) is 3. The zero-order chi connectivity index (χ0) is 16.0. The summed E-state index contributed by atoms with van der Waals surface area (Å²) in [7, 11) is -3.63. The molecule has 6 nitrogen and oxygen atoms in total. The Morgan fingerprint density at radius 2 is 2.27 bits per heavy atom. The molecule has 1 heterocycles. The molecule has 2 rings (SSSR count). The first-order chi connectivity index (χ1) is 10.5. The highest BCUT2D eigenvalue weighted by Gasteiger charge is 2.18. The number of carbonyl (C=O) groups is 1. The van der Waals surface area contributed by atoms with Crippen LogP contribution in [0.3, 0.4) is 0 Å². The molecule has 0 aliphatic carbocycles. The molecule has 1 atom stereocenters. The highest BCUT2D eigenvalue weighted by Crippen LogP contribution is 2.12. The predicted molar refractivity (Wildman–Crippen MR) is 85.2 cm³/mol. The van der Waals surface area contributed by atoms with Crippen LogP contribution >= 0.6 is 0 Å². The molecular formula is C15H21N3O3S. The summed E-state index contributed by atoms with van der Waals surface area (Å²) in [5.41, 5.74) is 0.340. The molecule has 3 N–H and O–H groups in total. The van der Waals surface area contributed by atoms with Crippen LogP contribution in [0.5, 0.6) is 0 Å². The van der Waals surface area contributed by atoms with Gasteiger partial charge in [0.25, 0.3) is 5.91 Å². The van der Waals surface area contributed by atoms with Gasteiger partial charge < -0.3 is 10.6 Å². The average Bonchev–Trinajstić information content (AvgIpc) is 2.54. The first-order valence-corrected chi connectivity index (χ1v) is 8.73. The number of rotatable bonds is 6. The van der Waals surface area contributed by atoms with Crippen molar-refractivity contribution in [3.63, 3.8) is 0 Å². The Hall–Kier alpha value is -1.70. The van der Waals surface area contributed by atoms with E-state index in [4.69, 9.17) is 0 Å². The lowest BCUT2D eigenvalue weighted by molar-refractivity contribution is 0.0930. The van der Waals surface area contributed by atoms with Gasteiger partial charge in [-0.3, -0.25) is 4.79 Å². The average molecular weight is 323 g/mol. The van der Waals surface area contributed by atoms with Crippen molar-refractivity contribution in [1.82, 2.24) is 15.4 Å². The van der Waals surface area contributed by atoms with E-state index in [1.54, 1.807) is 12.1 Å². The third-order valence-electron chi connectivity index (χ3n) is 3.46. The molecule has 0 aromatic heterocycles. The molecule has 1 aliphatic rings. The van der Waals surface area contributed by atoms with Crippen LogP contribution in [-0.2, 0) is 10.0 Å². The normalized spacial score (nSPS) is 18.6. The quantitative estimate of drug-likeness (QED) is 0.670. The van der Waals surface area contributed by atoms with E-state index in [2.05, 4.69) is 21.9 Å². The molecule has 7 heteroatoms. The van der Waals surface area contributed by atoms with Crippen LogP contribution in [0.25, 0.3) is 0 Å². The van der Waals surface area contributed by atoms with Crippen LogP contribution in [0.2, 0.25) is 0 Å². The van der Waals surface area contributed by atoms with Crippen LogP contribution in [0.4, 0.5) is 0 Å². The Morgan fingerprint density at radius 1 is 1.45 bits per heavy atom. The van der Waals surface area contributed by atoms with Crippen molar-refractivity contribution in [1.29, 1.82) is 0 Å². The van der Waals surface area contributed by atoms with E-state index in [0.29, 0.717) is 5.56 Å². The maximum atomic E-state index is 12.2. The van der Waals surface area contributed by atoms with Crippen molar-refractivity contribution in [3.8, 4) is 0 Å². The Labute approximate surface area is 131 Å². The van der Waals surface area contributed by atoms with Crippen LogP contribution < -0.4 is 15.4 Å². The van der Waals surface area contributed by atoms with Crippen molar-refractivity contribution < 1.29 is 13.2 Å². The van der Waals surface area contributed by atoms with E-state index in [0.717, 1.165) is 25.9 Å². The first-order valence-electron chi connectivity index (χ1n) is 7.25. The molecule has 1 aromatic carbocycles. The van der Waals surface area contributed by atoms with Crippen molar-refractivity contribution >= 4 is 15.9 Å². The van der Waals surface area contributed by atoms with Gasteiger partial charge in [-0.05, 0) is 37.6 Å². The highest BCUT2D eigenvalue weighted by molar-refractivity contribution is 7.89. The van der Waals surface area contributed by atoms with Crippen molar-refractivity contribution in [2.24, 2.45) is 0 Å². The zero-order valence-corrected chi connectivity index (χ0v) is 13.2. The van der Waals surface area contributed by atoms with Crippen LogP contribution in [0, 0.1) is 0 Å². The Balaban J connectivity index is 2.10. The fourth-order valence-corrected chi connectivity index (χ4v) is 3.34. The van der Waals surface area contributed by atoms with Crippen LogP contribution in [0.15, 0.2) is 41.8 Å². The smallest absolute Gasteiger partial charge is 0.251 e. The lowest BCUT2D eigenvalue weighted by Crippen LogP contribution is -2.45. The molecular weight excluding hydrogens is 302 g/mol. The predicted octanol–water partition coefficient (Wildman–Crippen LogP) is 0.633. The second-order valence-corrected chi connectivity index (χ2v) is 6.95. The summed E-state index contributed by atoms with van der Waals surface area (Å²) in [6.07, 6.45) is 3.41. The van der Waals surface area contributed by atoms with E-state index in [1.165, 1.54) is 18.2 Å². The number of sulfonamides is 1. The third-order valence-corrected chi connectivity index (χ3v) is 4.88. The fraction of sp³-hybridized carbons (Fsp3) is 0.400. The Kier molecular flexibility index (Phi) is 5.70. The van der Waals surface area contributed by atoms with Crippen LogP contribution in [-0.4, -0.2) is 40.0 Å². The molecule has 1 saturated heterocycles. The Bertz CT molecular complexity index is 637. The van der Waals surface area contributed by atoms with E-state index >= 15 is 0 Å². The van der Waals surface area contributed by atoms with Gasteiger partial charge in [0.05, 0.1) is 4.90 Å². The van der Waals surface area contributed by atoms with E-state index in [1.807, 2.05) is 0 Å². The second kappa shape index (κ2) is 7.53. The standard InChI is InChI=1S/C15H21N3O3S/c1-2-8-17-22(20,21)14-7-3-5-12(10-14)15(19)18-13-6-4-9-16-11-13/h2-3,5,7,10,13,16-17H,1,4,6,8-9,11H2,(H,18,19)/t13-/m0/s1.